The summed E-state index contributed by atoms with van der Waals surface area (Å²) < 4.78 is 7.68. The summed E-state index contributed by atoms with van der Waals surface area (Å²) >= 11 is 1.46. The summed E-state index contributed by atoms with van der Waals surface area (Å²) in [5, 5.41) is 3.74. The maximum Gasteiger partial charge on any atom is 0.275 e. The average molecular weight is 306 g/mol. The minimum atomic E-state index is 0.611. The second-order valence-corrected chi connectivity index (χ2v) is 5.99. The summed E-state index contributed by atoms with van der Waals surface area (Å²) in [5.41, 5.74) is 2.65. The van der Waals surface area contributed by atoms with Crippen LogP contribution in [0.25, 0.3) is 21.4 Å². The molecule has 3 heterocycles. The molecule has 0 aliphatic heterocycles. The lowest BCUT2D eigenvalue weighted by atomic mass is 10.3. The molecule has 0 radical (unpaired) electrons. The van der Waals surface area contributed by atoms with Crippen LogP contribution in [0.3, 0.4) is 0 Å². The van der Waals surface area contributed by atoms with Crippen molar-refractivity contribution in [3.05, 3.63) is 6.33 Å². The van der Waals surface area contributed by atoms with E-state index in [4.69, 9.17) is 4.74 Å². The Balaban J connectivity index is 2.04. The van der Waals surface area contributed by atoms with Crippen LogP contribution in [0.1, 0.15) is 0 Å². The van der Waals surface area contributed by atoms with Crippen LogP contribution in [0.2, 0.25) is 0 Å². The number of likely N-dealkylation sites (N-methyl/N-ethyl adjacent to an activating group) is 1. The number of aryl methyl sites for hydroxylation is 1. The van der Waals surface area contributed by atoms with Crippen LogP contribution >= 0.6 is 11.3 Å². The van der Waals surface area contributed by atoms with E-state index in [-0.39, 0.29) is 0 Å². The summed E-state index contributed by atoms with van der Waals surface area (Å²) in [7, 11) is 7.83. The molecule has 3 rings (SSSR count). The van der Waals surface area contributed by atoms with Crippen LogP contribution < -0.4 is 10.1 Å². The van der Waals surface area contributed by atoms with Gasteiger partial charge in [0.15, 0.2) is 10.6 Å². The van der Waals surface area contributed by atoms with E-state index in [0.717, 1.165) is 33.7 Å². The third kappa shape index (κ3) is 2.52. The highest BCUT2D eigenvalue weighted by Gasteiger charge is 2.16. The Morgan fingerprint density at radius 3 is 2.86 bits per heavy atom. The Bertz CT molecular complexity index is 778. The van der Waals surface area contributed by atoms with Crippen LogP contribution in [0.15, 0.2) is 6.33 Å². The highest BCUT2D eigenvalue weighted by Crippen LogP contribution is 2.33. The maximum absolute atomic E-state index is 5.72. The van der Waals surface area contributed by atoms with Crippen molar-refractivity contribution in [2.45, 2.75) is 0 Å². The molecule has 1 N–H and O–H groups in total. The second kappa shape index (κ2) is 5.45. The van der Waals surface area contributed by atoms with Crippen molar-refractivity contribution in [1.29, 1.82) is 0 Å². The van der Waals surface area contributed by atoms with Gasteiger partial charge in [-0.25, -0.2) is 9.97 Å². The number of hydrogen-bond acceptors (Lipinski definition) is 7. The molecule has 0 bridgehead atoms. The number of aromatic nitrogens is 4. The first kappa shape index (κ1) is 14.0. The minimum absolute atomic E-state index is 0.611. The van der Waals surface area contributed by atoms with Gasteiger partial charge in [0.1, 0.15) is 23.2 Å². The molecule has 0 unspecified atom stereocenters. The monoisotopic (exact) mass is 306 g/mol. The Morgan fingerprint density at radius 1 is 1.33 bits per heavy atom. The van der Waals surface area contributed by atoms with Crippen LogP contribution in [0.5, 0.6) is 5.19 Å². The third-order valence-corrected chi connectivity index (χ3v) is 4.05. The Hall–Kier alpha value is -1.93. The van der Waals surface area contributed by atoms with E-state index in [2.05, 4.69) is 25.2 Å². The number of ether oxygens (including phenoxy) is 1. The Morgan fingerprint density at radius 2 is 2.14 bits per heavy atom. The van der Waals surface area contributed by atoms with Crippen LogP contribution in [-0.2, 0) is 7.05 Å². The number of thiazole rings is 1. The Kier molecular flexibility index (Phi) is 3.64. The zero-order valence-corrected chi connectivity index (χ0v) is 13.4. The number of pyridine rings is 1. The second-order valence-electron chi connectivity index (χ2n) is 5.05. The molecule has 0 spiro atoms. The fourth-order valence-corrected chi connectivity index (χ4v) is 2.93. The summed E-state index contributed by atoms with van der Waals surface area (Å²) in [5.74, 6) is 0.765. The summed E-state index contributed by atoms with van der Waals surface area (Å²) in [4.78, 5) is 16.5. The maximum atomic E-state index is 5.72. The van der Waals surface area contributed by atoms with Crippen LogP contribution in [0, 0.1) is 0 Å². The van der Waals surface area contributed by atoms with Gasteiger partial charge in [0.05, 0.1) is 6.33 Å². The third-order valence-electron chi connectivity index (χ3n) is 3.19. The molecule has 112 valence electrons. The smallest absolute Gasteiger partial charge is 0.275 e. The summed E-state index contributed by atoms with van der Waals surface area (Å²) in [6.07, 6.45) is 1.78. The van der Waals surface area contributed by atoms with Crippen molar-refractivity contribution in [2.75, 3.05) is 39.6 Å². The molecule has 7 nitrogen and oxygen atoms in total. The summed E-state index contributed by atoms with van der Waals surface area (Å²) in [6.45, 7) is 1.46. The van der Waals surface area contributed by atoms with Gasteiger partial charge in [-0.2, -0.15) is 4.98 Å². The summed E-state index contributed by atoms with van der Waals surface area (Å²) in [6, 6.07) is 0. The van der Waals surface area contributed by atoms with Gasteiger partial charge in [-0.05, 0) is 14.1 Å². The molecule has 3 aromatic rings. The number of nitrogens with zero attached hydrogens (tertiary/aromatic N) is 5. The Labute approximate surface area is 126 Å². The van der Waals surface area contributed by atoms with Crippen LogP contribution in [-0.4, -0.2) is 58.7 Å². The van der Waals surface area contributed by atoms with Gasteiger partial charge in [-0.3, -0.25) is 0 Å². The van der Waals surface area contributed by atoms with Gasteiger partial charge < -0.3 is 19.5 Å². The van der Waals surface area contributed by atoms with Crippen molar-refractivity contribution in [2.24, 2.45) is 7.05 Å². The molecule has 3 aromatic heterocycles. The highest BCUT2D eigenvalue weighted by molar-refractivity contribution is 7.20. The molecule has 0 aliphatic carbocycles. The van der Waals surface area contributed by atoms with E-state index < -0.39 is 0 Å². The topological polar surface area (TPSA) is 68.1 Å². The number of rotatable bonds is 5. The molecule has 0 aromatic carbocycles. The molecule has 21 heavy (non-hydrogen) atoms. The number of fused-ring (bicyclic) bond motifs is 3. The van der Waals surface area contributed by atoms with E-state index in [1.807, 2.05) is 32.8 Å². The first-order valence-corrected chi connectivity index (χ1v) is 7.48. The van der Waals surface area contributed by atoms with E-state index in [9.17, 15) is 0 Å². The molecular weight excluding hydrogens is 288 g/mol. The predicted molar refractivity (Wildman–Crippen MR) is 85.3 cm³/mol. The number of nitrogens with one attached hydrogen (secondary N) is 1. The standard InChI is InChI=1S/C13H18N6OS/c1-14-11-8-10(19(4)7-15-8)9-12(17-11)21-13(16-9)20-6-5-18(2)3/h7H,5-6H2,1-4H3,(H,14,17). The van der Waals surface area contributed by atoms with E-state index >= 15 is 0 Å². The van der Waals surface area contributed by atoms with Crippen molar-refractivity contribution >= 4 is 38.5 Å². The van der Waals surface area contributed by atoms with Crippen LogP contribution in [0.4, 0.5) is 5.82 Å². The molecule has 8 heteroatoms. The zero-order valence-electron chi connectivity index (χ0n) is 12.5. The molecule has 0 aliphatic rings. The molecular formula is C13H18N6OS. The first-order valence-electron chi connectivity index (χ1n) is 6.67. The average Bonchev–Trinajstić information content (AvgIpc) is 3.01. The van der Waals surface area contributed by atoms with Crippen molar-refractivity contribution in [3.63, 3.8) is 0 Å². The first-order chi connectivity index (χ1) is 10.1. The lowest BCUT2D eigenvalue weighted by Gasteiger charge is -2.08. The zero-order chi connectivity index (χ0) is 15.0. The SMILES string of the molecule is CNc1nc2sc(OCCN(C)C)nc2c2c1ncn2C. The minimum Gasteiger partial charge on any atom is -0.469 e. The number of hydrogen-bond donors (Lipinski definition) is 1. The van der Waals surface area contributed by atoms with Crippen molar-refractivity contribution < 1.29 is 4.74 Å². The van der Waals surface area contributed by atoms with Gasteiger partial charge >= 0.3 is 0 Å². The largest absolute Gasteiger partial charge is 0.469 e. The number of anilines is 1. The lowest BCUT2D eigenvalue weighted by molar-refractivity contribution is 0.261. The van der Waals surface area contributed by atoms with Gasteiger partial charge in [0, 0.05) is 20.6 Å². The molecule has 0 atom stereocenters. The fraction of sp³-hybridized carbons (Fsp3) is 0.462. The number of imidazole rings is 1. The lowest BCUT2D eigenvalue weighted by Crippen LogP contribution is -2.19. The molecule has 0 fully saturated rings. The molecule has 0 saturated heterocycles. The van der Waals surface area contributed by atoms with Gasteiger partial charge in [0.25, 0.3) is 5.19 Å². The van der Waals surface area contributed by atoms with Gasteiger partial charge in [-0.1, -0.05) is 11.3 Å². The van der Waals surface area contributed by atoms with Gasteiger partial charge in [-0.15, -0.1) is 0 Å². The van der Waals surface area contributed by atoms with E-state index in [1.165, 1.54) is 11.3 Å². The van der Waals surface area contributed by atoms with E-state index in [0.29, 0.717) is 11.8 Å². The molecule has 0 amide bonds. The molecule has 0 saturated carbocycles. The van der Waals surface area contributed by atoms with Crippen molar-refractivity contribution in [1.82, 2.24) is 24.4 Å². The van der Waals surface area contributed by atoms with E-state index in [1.54, 1.807) is 6.33 Å². The predicted octanol–water partition coefficient (Wildman–Crippen LogP) is 1.56. The normalized spacial score (nSPS) is 11.7. The van der Waals surface area contributed by atoms with Gasteiger partial charge in [0.2, 0.25) is 0 Å². The fourth-order valence-electron chi connectivity index (χ4n) is 2.11. The highest BCUT2D eigenvalue weighted by atomic mass is 32.1. The van der Waals surface area contributed by atoms with Crippen molar-refractivity contribution in [3.8, 4) is 5.19 Å². The quantitative estimate of drug-likeness (QED) is 0.771.